The van der Waals surface area contributed by atoms with Crippen LogP contribution in [0.1, 0.15) is 30.5 Å². The molecule has 6 heteroatoms. The second-order valence-corrected chi connectivity index (χ2v) is 6.35. The summed E-state index contributed by atoms with van der Waals surface area (Å²) in [5.74, 6) is 1.69. The van der Waals surface area contributed by atoms with Gasteiger partial charge in [0.1, 0.15) is 11.5 Å². The Hall–Kier alpha value is -1.95. The maximum atomic E-state index is 12.2. The van der Waals surface area contributed by atoms with Gasteiger partial charge in [0, 0.05) is 29.3 Å². The second-order valence-electron chi connectivity index (χ2n) is 6.35. The van der Waals surface area contributed by atoms with Crippen molar-refractivity contribution in [2.75, 3.05) is 34.9 Å². The average Bonchev–Trinajstić information content (AvgIpc) is 2.53. The van der Waals surface area contributed by atoms with Crippen LogP contribution in [0.2, 0.25) is 0 Å². The molecule has 0 radical (unpaired) electrons. The van der Waals surface area contributed by atoms with Crippen molar-refractivity contribution in [2.45, 2.75) is 39.4 Å². The standard InChI is InChI=1S/C18H28N2O4/c1-7-24-18(21)20-11-15-14(8-12(20)2)17(23-6)13(10-19(3)4)9-16(15)22-5/h9,12H,7-8,10-11H2,1-6H3. The summed E-state index contributed by atoms with van der Waals surface area (Å²) in [7, 11) is 7.41. The summed E-state index contributed by atoms with van der Waals surface area (Å²) in [6.07, 6.45) is 0.434. The van der Waals surface area contributed by atoms with Gasteiger partial charge < -0.3 is 24.0 Å². The van der Waals surface area contributed by atoms with Gasteiger partial charge in [-0.2, -0.15) is 0 Å². The second kappa shape index (κ2) is 7.75. The van der Waals surface area contributed by atoms with E-state index >= 15 is 0 Å². The summed E-state index contributed by atoms with van der Waals surface area (Å²) in [5.41, 5.74) is 3.22. The number of hydrogen-bond acceptors (Lipinski definition) is 5. The highest BCUT2D eigenvalue weighted by Crippen LogP contribution is 2.40. The number of hydrogen-bond donors (Lipinski definition) is 0. The summed E-state index contributed by atoms with van der Waals surface area (Å²) >= 11 is 0. The zero-order valence-electron chi connectivity index (χ0n) is 15.5. The summed E-state index contributed by atoms with van der Waals surface area (Å²) < 4.78 is 16.5. The van der Waals surface area contributed by atoms with Gasteiger partial charge in [-0.3, -0.25) is 0 Å². The first-order valence-electron chi connectivity index (χ1n) is 8.26. The molecule has 1 atom stereocenters. The van der Waals surface area contributed by atoms with Crippen LogP contribution in [0.4, 0.5) is 4.79 Å². The molecule has 0 N–H and O–H groups in total. The van der Waals surface area contributed by atoms with Crippen molar-refractivity contribution in [1.29, 1.82) is 0 Å². The van der Waals surface area contributed by atoms with Gasteiger partial charge in [-0.25, -0.2) is 4.79 Å². The van der Waals surface area contributed by atoms with Gasteiger partial charge in [-0.1, -0.05) is 0 Å². The van der Waals surface area contributed by atoms with Crippen LogP contribution in [0.5, 0.6) is 11.5 Å². The molecule has 0 saturated heterocycles. The molecule has 1 aromatic rings. The maximum absolute atomic E-state index is 12.2. The van der Waals surface area contributed by atoms with Gasteiger partial charge >= 0.3 is 6.09 Å². The topological polar surface area (TPSA) is 51.2 Å². The summed E-state index contributed by atoms with van der Waals surface area (Å²) in [6, 6.07) is 2.06. The molecule has 1 unspecified atom stereocenters. The molecule has 0 bridgehead atoms. The Morgan fingerprint density at radius 3 is 2.54 bits per heavy atom. The van der Waals surface area contributed by atoms with E-state index in [2.05, 4.69) is 4.90 Å². The lowest BCUT2D eigenvalue weighted by Gasteiger charge is -2.36. The van der Waals surface area contributed by atoms with Gasteiger partial charge in [0.2, 0.25) is 0 Å². The van der Waals surface area contributed by atoms with Gasteiger partial charge in [-0.15, -0.1) is 0 Å². The Balaban J connectivity index is 2.48. The van der Waals surface area contributed by atoms with Crippen molar-refractivity contribution in [2.24, 2.45) is 0 Å². The molecule has 1 aliphatic rings. The Bertz CT molecular complexity index is 601. The van der Waals surface area contributed by atoms with E-state index in [0.717, 1.165) is 41.2 Å². The molecule has 2 rings (SSSR count). The number of fused-ring (bicyclic) bond motifs is 1. The van der Waals surface area contributed by atoms with Crippen LogP contribution >= 0.6 is 0 Å². The lowest BCUT2D eigenvalue weighted by Crippen LogP contribution is -2.43. The van der Waals surface area contributed by atoms with E-state index in [1.165, 1.54) is 0 Å². The predicted octanol–water partition coefficient (Wildman–Crippen LogP) is 2.67. The third-order valence-corrected chi connectivity index (χ3v) is 4.31. The molecule has 1 heterocycles. The van der Waals surface area contributed by atoms with Crippen LogP contribution in [-0.4, -0.2) is 56.9 Å². The molecule has 1 aromatic carbocycles. The Morgan fingerprint density at radius 2 is 2.00 bits per heavy atom. The van der Waals surface area contributed by atoms with E-state index in [1.54, 1.807) is 19.1 Å². The number of ether oxygens (including phenoxy) is 3. The minimum Gasteiger partial charge on any atom is -0.496 e. The summed E-state index contributed by atoms with van der Waals surface area (Å²) in [5, 5.41) is 0. The van der Waals surface area contributed by atoms with E-state index in [0.29, 0.717) is 13.2 Å². The van der Waals surface area contributed by atoms with E-state index in [9.17, 15) is 4.79 Å². The zero-order valence-corrected chi connectivity index (χ0v) is 15.5. The van der Waals surface area contributed by atoms with Crippen LogP contribution in [0.15, 0.2) is 6.07 Å². The predicted molar refractivity (Wildman–Crippen MR) is 92.7 cm³/mol. The van der Waals surface area contributed by atoms with E-state index in [-0.39, 0.29) is 12.1 Å². The van der Waals surface area contributed by atoms with Crippen LogP contribution in [0, 0.1) is 0 Å². The number of carbonyl (C=O) groups excluding carboxylic acids is 1. The van der Waals surface area contributed by atoms with Crippen molar-refractivity contribution in [3.8, 4) is 11.5 Å². The van der Waals surface area contributed by atoms with Gasteiger partial charge in [0.15, 0.2) is 0 Å². The van der Waals surface area contributed by atoms with Crippen molar-refractivity contribution >= 4 is 6.09 Å². The highest BCUT2D eigenvalue weighted by molar-refractivity contribution is 5.69. The summed E-state index contributed by atoms with van der Waals surface area (Å²) in [4.78, 5) is 16.1. The molecule has 0 fully saturated rings. The van der Waals surface area contributed by atoms with Crippen molar-refractivity contribution < 1.29 is 19.0 Å². The minimum absolute atomic E-state index is 0.0461. The van der Waals surface area contributed by atoms with E-state index in [1.807, 2.05) is 34.0 Å². The van der Waals surface area contributed by atoms with Gasteiger partial charge in [-0.05, 0) is 40.4 Å². The Kier molecular flexibility index (Phi) is 5.94. The van der Waals surface area contributed by atoms with E-state index in [4.69, 9.17) is 14.2 Å². The molecule has 6 nitrogen and oxygen atoms in total. The third kappa shape index (κ3) is 3.59. The Morgan fingerprint density at radius 1 is 1.29 bits per heavy atom. The molecule has 0 aliphatic carbocycles. The third-order valence-electron chi connectivity index (χ3n) is 4.31. The first-order valence-corrected chi connectivity index (χ1v) is 8.26. The van der Waals surface area contributed by atoms with Crippen molar-refractivity contribution in [3.05, 3.63) is 22.8 Å². The molecule has 134 valence electrons. The average molecular weight is 336 g/mol. The van der Waals surface area contributed by atoms with E-state index < -0.39 is 0 Å². The van der Waals surface area contributed by atoms with Crippen molar-refractivity contribution in [1.82, 2.24) is 9.80 Å². The summed E-state index contributed by atoms with van der Waals surface area (Å²) in [6.45, 7) is 5.46. The number of methoxy groups -OCH3 is 2. The van der Waals surface area contributed by atoms with Gasteiger partial charge in [0.25, 0.3) is 0 Å². The fraction of sp³-hybridized carbons (Fsp3) is 0.611. The first kappa shape index (κ1) is 18.4. The molecule has 1 aliphatic heterocycles. The fourth-order valence-corrected chi connectivity index (χ4v) is 3.26. The molecule has 1 amide bonds. The highest BCUT2D eigenvalue weighted by atomic mass is 16.6. The molecular weight excluding hydrogens is 308 g/mol. The van der Waals surface area contributed by atoms with Gasteiger partial charge in [0.05, 0.1) is 27.4 Å². The molecule has 24 heavy (non-hydrogen) atoms. The first-order chi connectivity index (χ1) is 11.4. The number of rotatable bonds is 5. The molecule has 0 saturated carbocycles. The number of benzene rings is 1. The van der Waals surface area contributed by atoms with Crippen LogP contribution < -0.4 is 9.47 Å². The highest BCUT2D eigenvalue weighted by Gasteiger charge is 2.32. The maximum Gasteiger partial charge on any atom is 0.410 e. The molecule has 0 spiro atoms. The van der Waals surface area contributed by atoms with Crippen molar-refractivity contribution in [3.63, 3.8) is 0 Å². The zero-order chi connectivity index (χ0) is 17.9. The normalized spacial score (nSPS) is 16.8. The monoisotopic (exact) mass is 336 g/mol. The fourth-order valence-electron chi connectivity index (χ4n) is 3.26. The quantitative estimate of drug-likeness (QED) is 0.827. The van der Waals surface area contributed by atoms with Crippen LogP contribution in [-0.2, 0) is 24.2 Å². The smallest absolute Gasteiger partial charge is 0.410 e. The largest absolute Gasteiger partial charge is 0.496 e. The molecular formula is C18H28N2O4. The van der Waals surface area contributed by atoms with Crippen LogP contribution in [0.25, 0.3) is 0 Å². The lowest BCUT2D eigenvalue weighted by molar-refractivity contribution is 0.0853. The number of amides is 1. The number of nitrogens with zero attached hydrogens (tertiary/aromatic N) is 2. The van der Waals surface area contributed by atoms with Crippen LogP contribution in [0.3, 0.4) is 0 Å². The minimum atomic E-state index is -0.283. The molecule has 0 aromatic heterocycles. The Labute approximate surface area is 144 Å². The number of carbonyl (C=O) groups is 1. The SMILES string of the molecule is CCOC(=O)N1Cc2c(OC)cc(CN(C)C)c(OC)c2CC1C. The lowest BCUT2D eigenvalue weighted by atomic mass is 9.91.